The zero-order chi connectivity index (χ0) is 21.4. The molecular formula is C23H28Cl2N2O2. The van der Waals surface area contributed by atoms with Gasteiger partial charge in [-0.05, 0) is 43.5 Å². The topological polar surface area (TPSA) is 49.4 Å². The Kier molecular flexibility index (Phi) is 8.99. The summed E-state index contributed by atoms with van der Waals surface area (Å²) in [6.07, 6.45) is 2.01. The zero-order valence-corrected chi connectivity index (χ0v) is 18.7. The van der Waals surface area contributed by atoms with Crippen LogP contribution in [-0.2, 0) is 22.6 Å². The number of benzene rings is 2. The highest BCUT2D eigenvalue weighted by Crippen LogP contribution is 2.23. The van der Waals surface area contributed by atoms with Crippen molar-refractivity contribution in [2.75, 3.05) is 6.54 Å². The van der Waals surface area contributed by atoms with E-state index < -0.39 is 6.04 Å². The minimum absolute atomic E-state index is 0.106. The molecule has 0 saturated heterocycles. The molecule has 0 radical (unpaired) electrons. The average Bonchev–Trinajstić information content (AvgIpc) is 2.68. The molecule has 29 heavy (non-hydrogen) atoms. The first-order chi connectivity index (χ1) is 13.8. The number of aryl methyl sites for hydroxylation is 1. The average molecular weight is 435 g/mol. The lowest BCUT2D eigenvalue weighted by Crippen LogP contribution is -2.48. The van der Waals surface area contributed by atoms with Gasteiger partial charge in [-0.3, -0.25) is 9.59 Å². The van der Waals surface area contributed by atoms with E-state index >= 15 is 0 Å². The van der Waals surface area contributed by atoms with Crippen molar-refractivity contribution in [2.24, 2.45) is 0 Å². The third-order valence-corrected chi connectivity index (χ3v) is 5.38. The number of carbonyl (C=O) groups excluding carboxylic acids is 2. The predicted octanol–water partition coefficient (Wildman–Crippen LogP) is 5.18. The minimum atomic E-state index is -0.592. The van der Waals surface area contributed by atoms with Crippen molar-refractivity contribution in [1.82, 2.24) is 10.2 Å². The summed E-state index contributed by atoms with van der Waals surface area (Å²) in [5.41, 5.74) is 2.78. The number of hydrogen-bond donors (Lipinski definition) is 1. The summed E-state index contributed by atoms with van der Waals surface area (Å²) in [6, 6.07) is 12.4. The highest BCUT2D eigenvalue weighted by Gasteiger charge is 2.26. The summed E-state index contributed by atoms with van der Waals surface area (Å²) in [4.78, 5) is 27.4. The first-order valence-electron chi connectivity index (χ1n) is 9.88. The van der Waals surface area contributed by atoms with Crippen molar-refractivity contribution in [2.45, 2.75) is 52.6 Å². The van der Waals surface area contributed by atoms with Gasteiger partial charge in [0.15, 0.2) is 0 Å². The van der Waals surface area contributed by atoms with Crippen molar-refractivity contribution in [3.63, 3.8) is 0 Å². The molecule has 0 aromatic heterocycles. The number of rotatable bonds is 9. The van der Waals surface area contributed by atoms with Gasteiger partial charge in [-0.15, -0.1) is 0 Å². The van der Waals surface area contributed by atoms with Crippen molar-refractivity contribution < 1.29 is 9.59 Å². The number of amides is 2. The van der Waals surface area contributed by atoms with E-state index in [1.807, 2.05) is 31.2 Å². The molecule has 0 unspecified atom stereocenters. The lowest BCUT2D eigenvalue weighted by Gasteiger charge is -2.29. The smallest absolute Gasteiger partial charge is 0.242 e. The highest BCUT2D eigenvalue weighted by molar-refractivity contribution is 6.35. The summed E-state index contributed by atoms with van der Waals surface area (Å²) in [7, 11) is 0. The zero-order valence-electron chi connectivity index (χ0n) is 17.2. The van der Waals surface area contributed by atoms with Gasteiger partial charge in [0.2, 0.25) is 11.8 Å². The second-order valence-electron chi connectivity index (χ2n) is 7.24. The standard InChI is InChI=1S/C23H28Cl2N2O2/c1-4-5-11-26-23(29)17(3)27(15-18-8-6-7-16(2)12-18)22(28)13-19-9-10-20(24)14-21(19)25/h6-10,12,14,17H,4-5,11,13,15H2,1-3H3,(H,26,29)/t17-/m1/s1. The van der Waals surface area contributed by atoms with E-state index in [-0.39, 0.29) is 18.2 Å². The normalized spacial score (nSPS) is 11.8. The van der Waals surface area contributed by atoms with Crippen molar-refractivity contribution in [1.29, 1.82) is 0 Å². The van der Waals surface area contributed by atoms with E-state index in [1.165, 1.54) is 0 Å². The molecule has 1 N–H and O–H groups in total. The largest absolute Gasteiger partial charge is 0.354 e. The maximum atomic E-state index is 13.2. The monoisotopic (exact) mass is 434 g/mol. The lowest BCUT2D eigenvalue weighted by molar-refractivity contribution is -0.140. The van der Waals surface area contributed by atoms with Gasteiger partial charge in [-0.2, -0.15) is 0 Å². The molecule has 2 aromatic rings. The summed E-state index contributed by atoms with van der Waals surface area (Å²) in [5.74, 6) is -0.310. The molecule has 0 saturated carbocycles. The van der Waals surface area contributed by atoms with Gasteiger partial charge in [0.05, 0.1) is 6.42 Å². The second-order valence-corrected chi connectivity index (χ2v) is 8.09. The Morgan fingerprint density at radius 1 is 1.14 bits per heavy atom. The molecule has 156 valence electrons. The van der Waals surface area contributed by atoms with Gasteiger partial charge in [-0.25, -0.2) is 0 Å². The van der Waals surface area contributed by atoms with Crippen molar-refractivity contribution >= 4 is 35.0 Å². The summed E-state index contributed by atoms with van der Waals surface area (Å²) >= 11 is 12.2. The van der Waals surface area contributed by atoms with Gasteiger partial charge >= 0.3 is 0 Å². The molecule has 0 fully saturated rings. The first-order valence-corrected chi connectivity index (χ1v) is 10.6. The van der Waals surface area contributed by atoms with Crippen LogP contribution in [0.1, 0.15) is 43.4 Å². The fourth-order valence-electron chi connectivity index (χ4n) is 3.06. The Hall–Kier alpha value is -2.04. The van der Waals surface area contributed by atoms with Crippen LogP contribution in [0, 0.1) is 6.92 Å². The number of nitrogens with one attached hydrogen (secondary N) is 1. The van der Waals surface area contributed by atoms with Crippen LogP contribution in [0.2, 0.25) is 10.0 Å². The minimum Gasteiger partial charge on any atom is -0.354 e. The summed E-state index contributed by atoms with van der Waals surface area (Å²) in [6.45, 7) is 6.80. The number of unbranched alkanes of at least 4 members (excludes halogenated alkanes) is 1. The van der Waals surface area contributed by atoms with Gasteiger partial charge in [0.1, 0.15) is 6.04 Å². The molecule has 2 rings (SSSR count). The molecule has 2 aromatic carbocycles. The lowest BCUT2D eigenvalue weighted by atomic mass is 10.1. The van der Waals surface area contributed by atoms with Crippen molar-refractivity contribution in [3.8, 4) is 0 Å². The fourth-order valence-corrected chi connectivity index (χ4v) is 3.53. The van der Waals surface area contributed by atoms with E-state index in [1.54, 1.807) is 30.0 Å². The number of hydrogen-bond acceptors (Lipinski definition) is 2. The van der Waals surface area contributed by atoms with Crippen LogP contribution in [0.25, 0.3) is 0 Å². The molecule has 0 aliphatic carbocycles. The number of carbonyl (C=O) groups is 2. The van der Waals surface area contributed by atoms with Crippen LogP contribution in [-0.4, -0.2) is 29.3 Å². The van der Waals surface area contributed by atoms with Crippen LogP contribution in [0.4, 0.5) is 0 Å². The molecule has 0 spiro atoms. The molecule has 0 heterocycles. The Morgan fingerprint density at radius 2 is 1.90 bits per heavy atom. The molecule has 2 amide bonds. The van der Waals surface area contributed by atoms with E-state index in [0.717, 1.165) is 24.0 Å². The molecule has 0 aliphatic rings. The second kappa shape index (κ2) is 11.2. The highest BCUT2D eigenvalue weighted by atomic mass is 35.5. The maximum absolute atomic E-state index is 13.2. The Morgan fingerprint density at radius 3 is 2.55 bits per heavy atom. The molecule has 1 atom stereocenters. The third kappa shape index (κ3) is 7.06. The fraction of sp³-hybridized carbons (Fsp3) is 0.391. The SMILES string of the molecule is CCCCNC(=O)[C@@H](C)N(Cc1cccc(C)c1)C(=O)Cc1ccc(Cl)cc1Cl. The third-order valence-electron chi connectivity index (χ3n) is 4.79. The van der Waals surface area contributed by atoms with Gasteiger partial charge < -0.3 is 10.2 Å². The first kappa shape index (κ1) is 23.2. The maximum Gasteiger partial charge on any atom is 0.242 e. The molecule has 0 aliphatic heterocycles. The van der Waals surface area contributed by atoms with Crippen molar-refractivity contribution in [3.05, 3.63) is 69.2 Å². The van der Waals surface area contributed by atoms with Crippen LogP contribution in [0.15, 0.2) is 42.5 Å². The van der Waals surface area contributed by atoms with E-state index in [2.05, 4.69) is 12.2 Å². The molecule has 4 nitrogen and oxygen atoms in total. The summed E-state index contributed by atoms with van der Waals surface area (Å²) in [5, 5.41) is 3.89. The number of nitrogens with zero attached hydrogens (tertiary/aromatic N) is 1. The van der Waals surface area contributed by atoms with E-state index in [0.29, 0.717) is 28.7 Å². The molecule has 6 heteroatoms. The number of halogens is 2. The van der Waals surface area contributed by atoms with Crippen LogP contribution >= 0.6 is 23.2 Å². The Labute approximate surface area is 183 Å². The van der Waals surface area contributed by atoms with Gasteiger partial charge in [0.25, 0.3) is 0 Å². The Balaban J connectivity index is 2.22. The van der Waals surface area contributed by atoms with E-state index in [4.69, 9.17) is 23.2 Å². The van der Waals surface area contributed by atoms with Gasteiger partial charge in [0, 0.05) is 23.1 Å². The van der Waals surface area contributed by atoms with Crippen LogP contribution in [0.3, 0.4) is 0 Å². The predicted molar refractivity (Wildman–Crippen MR) is 119 cm³/mol. The van der Waals surface area contributed by atoms with Gasteiger partial charge in [-0.1, -0.05) is 72.4 Å². The van der Waals surface area contributed by atoms with Crippen LogP contribution in [0.5, 0.6) is 0 Å². The van der Waals surface area contributed by atoms with Crippen LogP contribution < -0.4 is 5.32 Å². The molecule has 0 bridgehead atoms. The Bertz CT molecular complexity index is 855. The summed E-state index contributed by atoms with van der Waals surface area (Å²) < 4.78 is 0. The molecular weight excluding hydrogens is 407 g/mol. The van der Waals surface area contributed by atoms with E-state index in [9.17, 15) is 9.59 Å². The quantitative estimate of drug-likeness (QED) is 0.552.